The summed E-state index contributed by atoms with van der Waals surface area (Å²) in [6.45, 7) is 0.555. The van der Waals surface area contributed by atoms with Gasteiger partial charge in [0, 0.05) is 19.6 Å². The highest BCUT2D eigenvalue weighted by molar-refractivity contribution is 7.89. The summed E-state index contributed by atoms with van der Waals surface area (Å²) in [4.78, 5) is 10.8. The molecular formula is C13H15FN2O4S. The van der Waals surface area contributed by atoms with Crippen LogP contribution >= 0.6 is 0 Å². The fourth-order valence-corrected chi connectivity index (χ4v) is 4.23. The minimum atomic E-state index is -3.89. The number of ether oxygens (including phenoxy) is 1. The Kier molecular flexibility index (Phi) is 3.46. The van der Waals surface area contributed by atoms with Crippen molar-refractivity contribution in [2.75, 3.05) is 26.2 Å². The van der Waals surface area contributed by atoms with Crippen molar-refractivity contribution in [2.24, 2.45) is 0 Å². The van der Waals surface area contributed by atoms with Crippen molar-refractivity contribution in [2.45, 2.75) is 16.9 Å². The van der Waals surface area contributed by atoms with Crippen LogP contribution in [0.3, 0.4) is 0 Å². The SMILES string of the molecule is O=C1COC2(CCN(S(=O)(=O)c3ccccc3F)C2)CN1. The third kappa shape index (κ3) is 2.54. The average Bonchev–Trinajstić information content (AvgIpc) is 2.88. The number of nitrogens with one attached hydrogen (secondary N) is 1. The van der Waals surface area contributed by atoms with Crippen molar-refractivity contribution >= 4 is 15.9 Å². The number of carbonyl (C=O) groups is 1. The molecule has 3 rings (SSSR count). The molecule has 0 radical (unpaired) electrons. The molecule has 2 aliphatic heterocycles. The van der Waals surface area contributed by atoms with Crippen LogP contribution in [-0.4, -0.2) is 50.5 Å². The first-order valence-electron chi connectivity index (χ1n) is 6.58. The van der Waals surface area contributed by atoms with Gasteiger partial charge in [0.2, 0.25) is 15.9 Å². The molecule has 1 aromatic carbocycles. The maximum atomic E-state index is 13.7. The molecule has 1 aromatic rings. The second-order valence-electron chi connectivity index (χ2n) is 5.27. The van der Waals surface area contributed by atoms with Crippen molar-refractivity contribution in [1.82, 2.24) is 9.62 Å². The van der Waals surface area contributed by atoms with Gasteiger partial charge in [0.1, 0.15) is 22.9 Å². The molecule has 0 bridgehead atoms. The van der Waals surface area contributed by atoms with Crippen LogP contribution in [0.1, 0.15) is 6.42 Å². The monoisotopic (exact) mass is 314 g/mol. The predicted octanol–water partition coefficient (Wildman–Crippen LogP) is 0.105. The molecule has 8 heteroatoms. The Bertz CT molecular complexity index is 667. The first-order valence-corrected chi connectivity index (χ1v) is 8.02. The van der Waals surface area contributed by atoms with Crippen molar-refractivity contribution in [1.29, 1.82) is 0 Å². The summed E-state index contributed by atoms with van der Waals surface area (Å²) in [6.07, 6.45) is 0.473. The average molecular weight is 314 g/mol. The molecule has 2 heterocycles. The smallest absolute Gasteiger partial charge is 0.246 e. The molecule has 1 unspecified atom stereocenters. The number of hydrogen-bond acceptors (Lipinski definition) is 4. The summed E-state index contributed by atoms with van der Waals surface area (Å²) >= 11 is 0. The van der Waals surface area contributed by atoms with Crippen LogP contribution in [0.15, 0.2) is 29.2 Å². The van der Waals surface area contributed by atoms with Gasteiger partial charge >= 0.3 is 0 Å². The van der Waals surface area contributed by atoms with E-state index in [-0.39, 0.29) is 37.0 Å². The van der Waals surface area contributed by atoms with Crippen molar-refractivity contribution < 1.29 is 22.3 Å². The summed E-state index contributed by atoms with van der Waals surface area (Å²) in [5.41, 5.74) is -0.702. The Morgan fingerprint density at radius 2 is 2.10 bits per heavy atom. The number of benzene rings is 1. The number of rotatable bonds is 2. The molecule has 6 nitrogen and oxygen atoms in total. The van der Waals surface area contributed by atoms with Crippen molar-refractivity contribution in [3.05, 3.63) is 30.1 Å². The number of carbonyl (C=O) groups excluding carboxylic acids is 1. The van der Waals surface area contributed by atoms with Gasteiger partial charge in [-0.15, -0.1) is 0 Å². The van der Waals surface area contributed by atoms with E-state index in [1.165, 1.54) is 22.5 Å². The Morgan fingerprint density at radius 1 is 1.33 bits per heavy atom. The minimum absolute atomic E-state index is 0.0758. The van der Waals surface area contributed by atoms with E-state index < -0.39 is 21.4 Å². The fourth-order valence-electron chi connectivity index (χ4n) is 2.65. The van der Waals surface area contributed by atoms with E-state index in [0.717, 1.165) is 6.07 Å². The lowest BCUT2D eigenvalue weighted by atomic mass is 10.0. The molecule has 1 atom stereocenters. The minimum Gasteiger partial charge on any atom is -0.362 e. The van der Waals surface area contributed by atoms with Crippen LogP contribution in [0.4, 0.5) is 4.39 Å². The van der Waals surface area contributed by atoms with Crippen LogP contribution in [-0.2, 0) is 19.6 Å². The molecule has 0 aliphatic carbocycles. The van der Waals surface area contributed by atoms with E-state index >= 15 is 0 Å². The van der Waals surface area contributed by atoms with Crippen molar-refractivity contribution in [3.63, 3.8) is 0 Å². The van der Waals surface area contributed by atoms with Crippen LogP contribution in [0.2, 0.25) is 0 Å². The van der Waals surface area contributed by atoms with Gasteiger partial charge in [-0.05, 0) is 18.6 Å². The largest absolute Gasteiger partial charge is 0.362 e. The van der Waals surface area contributed by atoms with Gasteiger partial charge in [0.25, 0.3) is 0 Å². The molecule has 2 aliphatic rings. The second kappa shape index (κ2) is 5.04. The number of sulfonamides is 1. The molecule has 21 heavy (non-hydrogen) atoms. The number of morpholine rings is 1. The second-order valence-corrected chi connectivity index (χ2v) is 7.17. The first-order chi connectivity index (χ1) is 9.93. The summed E-state index contributed by atoms with van der Waals surface area (Å²) in [7, 11) is -3.89. The van der Waals surface area contributed by atoms with E-state index in [1.807, 2.05) is 0 Å². The topological polar surface area (TPSA) is 75.7 Å². The molecule has 114 valence electrons. The highest BCUT2D eigenvalue weighted by atomic mass is 32.2. The Balaban J connectivity index is 1.83. The van der Waals surface area contributed by atoms with Gasteiger partial charge in [0.05, 0.1) is 0 Å². The summed E-state index contributed by atoms with van der Waals surface area (Å²) in [5.74, 6) is -0.979. The Labute approximate surface area is 121 Å². The third-order valence-corrected chi connectivity index (χ3v) is 5.73. The van der Waals surface area contributed by atoms with Crippen molar-refractivity contribution in [3.8, 4) is 0 Å². The maximum Gasteiger partial charge on any atom is 0.246 e. The fraction of sp³-hybridized carbons (Fsp3) is 0.462. The van der Waals surface area contributed by atoms with E-state index in [0.29, 0.717) is 6.42 Å². The summed E-state index contributed by atoms with van der Waals surface area (Å²) in [5, 5.41) is 2.68. The highest BCUT2D eigenvalue weighted by Gasteiger charge is 2.46. The Hall–Kier alpha value is -1.51. The van der Waals surface area contributed by atoms with Crippen LogP contribution in [0.25, 0.3) is 0 Å². The van der Waals surface area contributed by atoms with Gasteiger partial charge < -0.3 is 10.1 Å². The number of hydrogen-bond donors (Lipinski definition) is 1. The lowest BCUT2D eigenvalue weighted by Crippen LogP contribution is -2.54. The quantitative estimate of drug-likeness (QED) is 0.840. The van der Waals surface area contributed by atoms with Gasteiger partial charge in [0.15, 0.2) is 0 Å². The zero-order chi connectivity index (χ0) is 15.1. The molecule has 2 fully saturated rings. The third-order valence-electron chi connectivity index (χ3n) is 3.85. The number of nitrogens with zero attached hydrogens (tertiary/aromatic N) is 1. The zero-order valence-electron chi connectivity index (χ0n) is 11.2. The normalized spacial score (nSPS) is 27.0. The predicted molar refractivity (Wildman–Crippen MR) is 71.5 cm³/mol. The summed E-state index contributed by atoms with van der Waals surface area (Å²) in [6, 6.07) is 5.30. The molecule has 1 amide bonds. The van der Waals surface area contributed by atoms with E-state index in [4.69, 9.17) is 4.74 Å². The number of amides is 1. The van der Waals surface area contributed by atoms with Gasteiger partial charge in [-0.1, -0.05) is 12.1 Å². The van der Waals surface area contributed by atoms with Gasteiger partial charge in [-0.25, -0.2) is 12.8 Å². The summed E-state index contributed by atoms with van der Waals surface area (Å²) < 4.78 is 45.4. The molecular weight excluding hydrogens is 299 g/mol. The van der Waals surface area contributed by atoms with E-state index in [2.05, 4.69) is 5.32 Å². The molecule has 1 N–H and O–H groups in total. The molecule has 2 saturated heterocycles. The van der Waals surface area contributed by atoms with Crippen LogP contribution in [0.5, 0.6) is 0 Å². The Morgan fingerprint density at radius 3 is 2.76 bits per heavy atom. The molecule has 0 aromatic heterocycles. The lowest BCUT2D eigenvalue weighted by molar-refractivity contribution is -0.141. The number of halogens is 1. The highest BCUT2D eigenvalue weighted by Crippen LogP contribution is 2.31. The van der Waals surface area contributed by atoms with E-state index in [9.17, 15) is 17.6 Å². The standard InChI is InChI=1S/C13H15FN2O4S/c14-10-3-1-2-4-11(10)21(18,19)16-6-5-13(9-16)8-15-12(17)7-20-13/h1-4H,5-9H2,(H,15,17). The van der Waals surface area contributed by atoms with Gasteiger partial charge in [-0.3, -0.25) is 4.79 Å². The molecule has 0 saturated carbocycles. The molecule has 1 spiro atoms. The van der Waals surface area contributed by atoms with Crippen LogP contribution < -0.4 is 5.32 Å². The van der Waals surface area contributed by atoms with E-state index in [1.54, 1.807) is 0 Å². The van der Waals surface area contributed by atoms with Crippen LogP contribution in [0, 0.1) is 5.82 Å². The lowest BCUT2D eigenvalue weighted by Gasteiger charge is -2.33. The maximum absolute atomic E-state index is 13.7. The first kappa shape index (κ1) is 14.4. The zero-order valence-corrected chi connectivity index (χ0v) is 12.0. The van der Waals surface area contributed by atoms with Gasteiger partial charge in [-0.2, -0.15) is 4.31 Å².